The molecule has 1 fully saturated rings. The molecule has 1 aromatic heterocycles. The summed E-state index contributed by atoms with van der Waals surface area (Å²) in [6.45, 7) is 1.51. The third-order valence-corrected chi connectivity index (χ3v) is 6.21. The number of benzene rings is 1. The van der Waals surface area contributed by atoms with Gasteiger partial charge >= 0.3 is 0 Å². The summed E-state index contributed by atoms with van der Waals surface area (Å²) in [5.41, 5.74) is 1.56. The van der Waals surface area contributed by atoms with Crippen LogP contribution in [0, 0.1) is 5.92 Å². The lowest BCUT2D eigenvalue weighted by molar-refractivity contribution is -0.138. The summed E-state index contributed by atoms with van der Waals surface area (Å²) in [6.07, 6.45) is 4.12. The van der Waals surface area contributed by atoms with Crippen molar-refractivity contribution in [3.8, 4) is 0 Å². The van der Waals surface area contributed by atoms with Gasteiger partial charge in [-0.15, -0.1) is 11.3 Å². The normalized spacial score (nSPS) is 19.8. The first kappa shape index (κ1) is 18.6. The Morgan fingerprint density at radius 3 is 2.64 bits per heavy atom. The molecule has 28 heavy (non-hydrogen) atoms. The molecule has 0 unspecified atom stereocenters. The van der Waals surface area contributed by atoms with Crippen LogP contribution in [0.3, 0.4) is 0 Å². The minimum Gasteiger partial charge on any atom is -0.354 e. The van der Waals surface area contributed by atoms with Crippen molar-refractivity contribution in [1.29, 1.82) is 0 Å². The van der Waals surface area contributed by atoms with Crippen LogP contribution in [-0.2, 0) is 4.79 Å². The van der Waals surface area contributed by atoms with Crippen LogP contribution in [0.2, 0.25) is 0 Å². The largest absolute Gasteiger partial charge is 0.354 e. The topological polar surface area (TPSA) is 77.9 Å². The lowest BCUT2D eigenvalue weighted by atomic mass is 9.94. The molecule has 1 atom stereocenters. The van der Waals surface area contributed by atoms with Gasteiger partial charge in [-0.3, -0.25) is 9.59 Å². The molecule has 2 aliphatic rings. The molecule has 3 heterocycles. The molecular formula is C20H23N5O2S. The second-order valence-corrected chi connectivity index (χ2v) is 7.84. The molecule has 146 valence electrons. The van der Waals surface area contributed by atoms with Gasteiger partial charge in [-0.2, -0.15) is 5.10 Å². The minimum absolute atomic E-state index is 0.000747. The number of nitrogens with one attached hydrogen (secondary N) is 1. The number of hydrogen-bond acceptors (Lipinski definition) is 6. The first-order valence-corrected chi connectivity index (χ1v) is 10.4. The molecule has 0 spiro atoms. The van der Waals surface area contributed by atoms with Crippen LogP contribution in [0.25, 0.3) is 0 Å². The van der Waals surface area contributed by atoms with Crippen LogP contribution >= 0.6 is 11.3 Å². The average Bonchev–Trinajstić information content (AvgIpc) is 3.43. The zero-order chi connectivity index (χ0) is 19.5. The predicted molar refractivity (Wildman–Crippen MR) is 110 cm³/mol. The van der Waals surface area contributed by atoms with E-state index in [1.54, 1.807) is 17.4 Å². The third kappa shape index (κ3) is 3.64. The van der Waals surface area contributed by atoms with Crippen molar-refractivity contribution in [2.45, 2.75) is 25.3 Å². The number of carbonyl (C=O) groups is 2. The van der Waals surface area contributed by atoms with Crippen molar-refractivity contribution >= 4 is 34.5 Å². The van der Waals surface area contributed by atoms with E-state index in [-0.39, 0.29) is 23.8 Å². The molecular weight excluding hydrogens is 374 g/mol. The van der Waals surface area contributed by atoms with Gasteiger partial charge in [-0.25, -0.2) is 9.99 Å². The fourth-order valence-electron chi connectivity index (χ4n) is 3.72. The molecule has 4 rings (SSSR count). The van der Waals surface area contributed by atoms with E-state index in [0.717, 1.165) is 43.0 Å². The van der Waals surface area contributed by atoms with Crippen LogP contribution in [-0.4, -0.2) is 48.2 Å². The van der Waals surface area contributed by atoms with E-state index in [2.05, 4.69) is 32.4 Å². The van der Waals surface area contributed by atoms with Crippen LogP contribution in [0.5, 0.6) is 0 Å². The molecule has 2 aromatic rings. The third-order valence-electron chi connectivity index (χ3n) is 5.31. The fraction of sp³-hybridized carbons (Fsp3) is 0.400. The number of hydrogen-bond donors (Lipinski definition) is 1. The highest BCUT2D eigenvalue weighted by molar-refractivity contribution is 7.13. The Hall–Kier alpha value is -2.74. The average molecular weight is 398 g/mol. The van der Waals surface area contributed by atoms with E-state index in [4.69, 9.17) is 0 Å². The number of aromatic nitrogens is 1. The Labute approximate surface area is 168 Å². The molecule has 0 aliphatic carbocycles. The zero-order valence-electron chi connectivity index (χ0n) is 15.7. The number of anilines is 1. The number of hydrazone groups is 1. The number of amides is 2. The van der Waals surface area contributed by atoms with E-state index < -0.39 is 0 Å². The van der Waals surface area contributed by atoms with E-state index >= 15 is 0 Å². The van der Waals surface area contributed by atoms with Gasteiger partial charge in [-0.05, 0) is 18.4 Å². The second kappa shape index (κ2) is 8.10. The molecule has 0 saturated carbocycles. The van der Waals surface area contributed by atoms with Gasteiger partial charge in [0, 0.05) is 44.1 Å². The van der Waals surface area contributed by atoms with Crippen LogP contribution in [0.1, 0.15) is 41.4 Å². The number of nitrogens with zero attached hydrogens (tertiary/aromatic N) is 4. The highest BCUT2D eigenvalue weighted by Crippen LogP contribution is 2.33. The van der Waals surface area contributed by atoms with E-state index in [1.807, 2.05) is 24.4 Å². The lowest BCUT2D eigenvalue weighted by Gasteiger charge is -2.33. The van der Waals surface area contributed by atoms with E-state index in [1.165, 1.54) is 11.3 Å². The molecule has 1 aromatic carbocycles. The van der Waals surface area contributed by atoms with Gasteiger partial charge in [0.1, 0.15) is 5.69 Å². The predicted octanol–water partition coefficient (Wildman–Crippen LogP) is 2.68. The summed E-state index contributed by atoms with van der Waals surface area (Å²) in [6, 6.07) is 10.1. The zero-order valence-corrected chi connectivity index (χ0v) is 16.6. The summed E-state index contributed by atoms with van der Waals surface area (Å²) in [5.74, 6) is -0.102. The van der Waals surface area contributed by atoms with Crippen molar-refractivity contribution in [3.63, 3.8) is 0 Å². The summed E-state index contributed by atoms with van der Waals surface area (Å²) >= 11 is 1.47. The highest BCUT2D eigenvalue weighted by Gasteiger charge is 2.35. The number of thiazole rings is 1. The Morgan fingerprint density at radius 2 is 1.93 bits per heavy atom. The quantitative estimate of drug-likeness (QED) is 0.860. The first-order chi connectivity index (χ1) is 13.7. The summed E-state index contributed by atoms with van der Waals surface area (Å²) in [4.78, 5) is 31.4. The molecule has 7 nitrogen and oxygen atoms in total. The maximum atomic E-state index is 13.1. The van der Waals surface area contributed by atoms with Gasteiger partial charge in [-0.1, -0.05) is 30.3 Å². The SMILES string of the molecule is CNC(=O)c1csc(N2CCC(C(=O)N3N=CC[C@H]3c3ccccc3)CC2)n1. The van der Waals surface area contributed by atoms with Crippen LogP contribution in [0.15, 0.2) is 40.8 Å². The van der Waals surface area contributed by atoms with Crippen LogP contribution < -0.4 is 10.2 Å². The Morgan fingerprint density at radius 1 is 1.18 bits per heavy atom. The summed E-state index contributed by atoms with van der Waals surface area (Å²) < 4.78 is 0. The van der Waals surface area contributed by atoms with Crippen molar-refractivity contribution < 1.29 is 9.59 Å². The summed E-state index contributed by atoms with van der Waals surface area (Å²) in [5, 5.41) is 11.2. The maximum absolute atomic E-state index is 13.1. The molecule has 8 heteroatoms. The molecule has 2 aliphatic heterocycles. The van der Waals surface area contributed by atoms with E-state index in [0.29, 0.717) is 5.69 Å². The summed E-state index contributed by atoms with van der Waals surface area (Å²) in [7, 11) is 1.60. The number of rotatable bonds is 4. The fourth-order valence-corrected chi connectivity index (χ4v) is 4.58. The molecule has 0 radical (unpaired) electrons. The van der Waals surface area contributed by atoms with Gasteiger partial charge in [0.2, 0.25) is 5.91 Å². The van der Waals surface area contributed by atoms with Gasteiger partial charge in [0.05, 0.1) is 6.04 Å². The Bertz CT molecular complexity index is 874. The van der Waals surface area contributed by atoms with Gasteiger partial charge in [0.15, 0.2) is 5.13 Å². The van der Waals surface area contributed by atoms with Crippen molar-refractivity contribution in [1.82, 2.24) is 15.3 Å². The van der Waals surface area contributed by atoms with Crippen molar-refractivity contribution in [2.24, 2.45) is 11.0 Å². The van der Waals surface area contributed by atoms with E-state index in [9.17, 15) is 9.59 Å². The van der Waals surface area contributed by atoms with Gasteiger partial charge in [0.25, 0.3) is 5.91 Å². The number of piperidine rings is 1. The van der Waals surface area contributed by atoms with Crippen LogP contribution in [0.4, 0.5) is 5.13 Å². The molecule has 1 N–H and O–H groups in total. The Kier molecular flexibility index (Phi) is 5.38. The van der Waals surface area contributed by atoms with Crippen molar-refractivity contribution in [2.75, 3.05) is 25.0 Å². The minimum atomic E-state index is -0.175. The lowest BCUT2D eigenvalue weighted by Crippen LogP contribution is -2.41. The molecule has 2 amide bonds. The maximum Gasteiger partial charge on any atom is 0.270 e. The Balaban J connectivity index is 1.38. The second-order valence-electron chi connectivity index (χ2n) is 7.00. The molecule has 0 bridgehead atoms. The van der Waals surface area contributed by atoms with Gasteiger partial charge < -0.3 is 10.2 Å². The molecule has 1 saturated heterocycles. The number of carbonyl (C=O) groups excluding carboxylic acids is 2. The highest BCUT2D eigenvalue weighted by atomic mass is 32.1. The first-order valence-electron chi connectivity index (χ1n) is 9.50. The monoisotopic (exact) mass is 397 g/mol. The standard InChI is InChI=1S/C20H23N5O2S/c1-21-18(26)16-13-28-20(23-16)24-11-8-15(9-12-24)19(27)25-17(7-10-22-25)14-5-3-2-4-6-14/h2-6,10,13,15,17H,7-9,11-12H2,1H3,(H,21,26)/t17-/m0/s1. The smallest absolute Gasteiger partial charge is 0.270 e. The van der Waals surface area contributed by atoms with Crippen molar-refractivity contribution in [3.05, 3.63) is 47.0 Å².